The van der Waals surface area contributed by atoms with Crippen molar-refractivity contribution in [3.63, 3.8) is 0 Å². The zero-order chi connectivity index (χ0) is 19.1. The van der Waals surface area contributed by atoms with Crippen LogP contribution in [0.4, 0.5) is 0 Å². The lowest BCUT2D eigenvalue weighted by atomic mass is 10.1. The molecule has 1 atom stereocenters. The number of hydrogen-bond acceptors (Lipinski definition) is 3. The number of aryl methyl sites for hydroxylation is 2. The van der Waals surface area contributed by atoms with E-state index >= 15 is 0 Å². The van der Waals surface area contributed by atoms with Gasteiger partial charge in [0.2, 0.25) is 0 Å². The van der Waals surface area contributed by atoms with Crippen LogP contribution in [-0.2, 0) is 19.4 Å². The summed E-state index contributed by atoms with van der Waals surface area (Å²) < 4.78 is 3.25. The van der Waals surface area contributed by atoms with Gasteiger partial charge in [-0.3, -0.25) is 4.57 Å². The zero-order valence-electron chi connectivity index (χ0n) is 15.5. The SMILES string of the molecule is C=P(C)(C)C(C#N)Cc1cc(-n2nc3n(c2=O)CCCC3)c(C)cc1Cl. The van der Waals surface area contributed by atoms with E-state index in [1.54, 1.807) is 4.57 Å². The average molecular weight is 391 g/mol. The Balaban J connectivity index is 2.07. The summed E-state index contributed by atoms with van der Waals surface area (Å²) in [5, 5.41) is 14.7. The standard InChI is InChI=1S/C19H24ClN4OP/c1-13-9-16(20)14(10-15(12-21)26(2,3)4)11-17(13)24-19(25)23-8-6-5-7-18(23)22-24/h9,11,15H,2,5-8,10H2,1,3-4H3. The zero-order valence-corrected chi connectivity index (χ0v) is 17.1. The van der Waals surface area contributed by atoms with Crippen molar-refractivity contribution in [2.24, 2.45) is 0 Å². The Kier molecular flexibility index (Phi) is 5.19. The Morgan fingerprint density at radius 1 is 1.42 bits per heavy atom. The molecule has 1 aromatic carbocycles. The number of halogens is 1. The van der Waals surface area contributed by atoms with Crippen molar-refractivity contribution in [2.45, 2.75) is 44.8 Å². The first-order chi connectivity index (χ1) is 12.2. The monoisotopic (exact) mass is 390 g/mol. The van der Waals surface area contributed by atoms with Gasteiger partial charge in [0.05, 0.1) is 17.4 Å². The molecule has 0 spiro atoms. The van der Waals surface area contributed by atoms with Crippen LogP contribution in [0, 0.1) is 18.3 Å². The minimum absolute atomic E-state index is 0.0992. The van der Waals surface area contributed by atoms with Crippen molar-refractivity contribution < 1.29 is 0 Å². The lowest BCUT2D eigenvalue weighted by molar-refractivity contribution is 0.512. The molecule has 0 radical (unpaired) electrons. The van der Waals surface area contributed by atoms with E-state index in [0.717, 1.165) is 48.4 Å². The molecule has 0 saturated carbocycles. The summed E-state index contributed by atoms with van der Waals surface area (Å²) in [6, 6.07) is 6.16. The molecule has 0 saturated heterocycles. The van der Waals surface area contributed by atoms with Gasteiger partial charge >= 0.3 is 5.69 Å². The molecule has 3 rings (SSSR count). The van der Waals surface area contributed by atoms with E-state index in [0.29, 0.717) is 11.4 Å². The molecule has 2 heterocycles. The van der Waals surface area contributed by atoms with E-state index in [-0.39, 0.29) is 11.3 Å². The van der Waals surface area contributed by atoms with Crippen molar-refractivity contribution in [2.75, 3.05) is 13.3 Å². The van der Waals surface area contributed by atoms with Crippen molar-refractivity contribution in [1.82, 2.24) is 14.3 Å². The Morgan fingerprint density at radius 3 is 2.77 bits per heavy atom. The molecule has 2 aromatic rings. The third-order valence-electron chi connectivity index (χ3n) is 4.97. The second-order valence-electron chi connectivity index (χ2n) is 7.58. The Labute approximate surface area is 159 Å². The molecule has 0 aliphatic carbocycles. The van der Waals surface area contributed by atoms with Crippen LogP contribution < -0.4 is 5.69 Å². The highest BCUT2D eigenvalue weighted by atomic mass is 35.5. The molecule has 7 heteroatoms. The smallest absolute Gasteiger partial charge is 0.279 e. The summed E-state index contributed by atoms with van der Waals surface area (Å²) in [6.45, 7) is 5.18. The van der Waals surface area contributed by atoms with E-state index in [1.165, 1.54) is 4.68 Å². The van der Waals surface area contributed by atoms with Gasteiger partial charge in [-0.25, -0.2) is 4.79 Å². The maximum absolute atomic E-state index is 12.8. The first-order valence-corrected chi connectivity index (χ1v) is 12.1. The second kappa shape index (κ2) is 7.10. The molecule has 1 aromatic heterocycles. The molecule has 138 valence electrons. The van der Waals surface area contributed by atoms with E-state index in [1.807, 2.05) is 19.1 Å². The van der Waals surface area contributed by atoms with Gasteiger partial charge in [0.15, 0.2) is 0 Å². The van der Waals surface area contributed by atoms with E-state index in [2.05, 4.69) is 30.8 Å². The molecular formula is C19H24ClN4OP. The van der Waals surface area contributed by atoms with Crippen molar-refractivity contribution >= 4 is 24.8 Å². The van der Waals surface area contributed by atoms with Crippen LogP contribution in [0.5, 0.6) is 0 Å². The normalized spacial score (nSPS) is 15.3. The van der Waals surface area contributed by atoms with E-state index in [4.69, 9.17) is 11.6 Å². The van der Waals surface area contributed by atoms with Gasteiger partial charge in [-0.1, -0.05) is 17.9 Å². The van der Waals surface area contributed by atoms with Crippen molar-refractivity contribution in [3.8, 4) is 11.8 Å². The summed E-state index contributed by atoms with van der Waals surface area (Å²) in [6.07, 6.45) is 7.64. The third kappa shape index (κ3) is 3.54. The van der Waals surface area contributed by atoms with Gasteiger partial charge in [-0.15, -0.1) is 12.0 Å². The van der Waals surface area contributed by atoms with Crippen LogP contribution in [0.3, 0.4) is 0 Å². The number of nitriles is 1. The Morgan fingerprint density at radius 2 is 2.15 bits per heavy atom. The fourth-order valence-electron chi connectivity index (χ4n) is 3.30. The summed E-state index contributed by atoms with van der Waals surface area (Å²) in [4.78, 5) is 12.8. The van der Waals surface area contributed by atoms with Gasteiger partial charge < -0.3 is 0 Å². The molecule has 26 heavy (non-hydrogen) atoms. The van der Waals surface area contributed by atoms with E-state index in [9.17, 15) is 10.1 Å². The van der Waals surface area contributed by atoms with Crippen molar-refractivity contribution in [1.29, 1.82) is 5.26 Å². The van der Waals surface area contributed by atoms with Crippen LogP contribution in [0.1, 0.15) is 29.8 Å². The summed E-state index contributed by atoms with van der Waals surface area (Å²) >= 11 is 6.45. The highest BCUT2D eigenvalue weighted by Gasteiger charge is 2.22. The highest BCUT2D eigenvalue weighted by molar-refractivity contribution is 7.73. The van der Waals surface area contributed by atoms with Crippen LogP contribution in [0.2, 0.25) is 5.02 Å². The maximum Gasteiger partial charge on any atom is 0.350 e. The first-order valence-electron chi connectivity index (χ1n) is 8.78. The predicted molar refractivity (Wildman–Crippen MR) is 110 cm³/mol. The van der Waals surface area contributed by atoms with Gasteiger partial charge in [0, 0.05) is 18.0 Å². The maximum atomic E-state index is 12.8. The van der Waals surface area contributed by atoms with Crippen LogP contribution in [0.25, 0.3) is 5.69 Å². The van der Waals surface area contributed by atoms with Crippen LogP contribution in [-0.4, -0.2) is 39.6 Å². The fourth-order valence-corrected chi connectivity index (χ4v) is 4.60. The predicted octanol–water partition coefficient (Wildman–Crippen LogP) is 3.48. The van der Waals surface area contributed by atoms with E-state index < -0.39 is 6.89 Å². The molecule has 0 N–H and O–H groups in total. The Hall–Kier alpha value is -1.76. The average Bonchev–Trinajstić information content (AvgIpc) is 2.90. The number of rotatable bonds is 4. The summed E-state index contributed by atoms with van der Waals surface area (Å²) in [7, 11) is 0. The second-order valence-corrected chi connectivity index (χ2v) is 12.2. The topological polar surface area (TPSA) is 63.6 Å². The molecule has 5 nitrogen and oxygen atoms in total. The highest BCUT2D eigenvalue weighted by Crippen LogP contribution is 2.43. The number of nitrogens with zero attached hydrogens (tertiary/aromatic N) is 4. The molecule has 1 aliphatic rings. The lowest BCUT2D eigenvalue weighted by Crippen LogP contribution is -2.26. The molecule has 0 fully saturated rings. The number of hydrogen-bond donors (Lipinski definition) is 0. The minimum Gasteiger partial charge on any atom is -0.279 e. The van der Waals surface area contributed by atoms with Gasteiger partial charge in [0.1, 0.15) is 5.82 Å². The first kappa shape index (κ1) is 19.0. The summed E-state index contributed by atoms with van der Waals surface area (Å²) in [5.41, 5.74) is 2.25. The van der Waals surface area contributed by atoms with Crippen molar-refractivity contribution in [3.05, 3.63) is 44.6 Å². The Bertz CT molecular complexity index is 992. The van der Waals surface area contributed by atoms with Crippen LogP contribution >= 0.6 is 18.5 Å². The third-order valence-corrected chi connectivity index (χ3v) is 7.31. The van der Waals surface area contributed by atoms with Gasteiger partial charge in [-0.05, 0) is 62.8 Å². The lowest BCUT2D eigenvalue weighted by Gasteiger charge is -2.21. The molecule has 1 unspecified atom stereocenters. The number of benzene rings is 1. The fraction of sp³-hybridized carbons (Fsp3) is 0.474. The molecule has 0 bridgehead atoms. The quantitative estimate of drug-likeness (QED) is 0.751. The number of aromatic nitrogens is 3. The van der Waals surface area contributed by atoms with Crippen LogP contribution in [0.15, 0.2) is 16.9 Å². The summed E-state index contributed by atoms with van der Waals surface area (Å²) in [5.74, 6) is 0.844. The minimum atomic E-state index is -1.58. The molecule has 0 amide bonds. The van der Waals surface area contributed by atoms with Gasteiger partial charge in [0.25, 0.3) is 0 Å². The molecule has 1 aliphatic heterocycles. The number of fused-ring (bicyclic) bond motifs is 1. The largest absolute Gasteiger partial charge is 0.350 e. The molecular weight excluding hydrogens is 367 g/mol. The van der Waals surface area contributed by atoms with Gasteiger partial charge in [-0.2, -0.15) is 9.94 Å².